The third-order valence-corrected chi connectivity index (χ3v) is 6.22. The van der Waals surface area contributed by atoms with E-state index in [-0.39, 0.29) is 32.7 Å². The van der Waals surface area contributed by atoms with Crippen molar-refractivity contribution in [2.24, 2.45) is 0 Å². The molecular weight excluding hydrogens is 539 g/mol. The lowest BCUT2D eigenvalue weighted by Gasteiger charge is -2.32. The Balaban J connectivity index is 1.81. The van der Waals surface area contributed by atoms with E-state index in [1.807, 2.05) is 0 Å². The third kappa shape index (κ3) is 3.38. The molecule has 40 heavy (non-hydrogen) atoms. The first-order valence-electron chi connectivity index (χ1n) is 11.0. The van der Waals surface area contributed by atoms with Crippen molar-refractivity contribution in [1.82, 2.24) is 29.1 Å². The molecule has 0 spiro atoms. The highest BCUT2D eigenvalue weighted by Gasteiger charge is 2.25. The van der Waals surface area contributed by atoms with Crippen LogP contribution in [0.1, 0.15) is 17.1 Å². The van der Waals surface area contributed by atoms with Crippen molar-refractivity contribution in [3.63, 3.8) is 0 Å². The van der Waals surface area contributed by atoms with Crippen LogP contribution in [-0.4, -0.2) is 36.2 Å². The first kappa shape index (κ1) is 24.5. The number of nitriles is 3. The smallest absolute Gasteiger partial charge is 0.263 e. The van der Waals surface area contributed by atoms with Crippen molar-refractivity contribution >= 4 is 39.8 Å². The van der Waals surface area contributed by atoms with Crippen molar-refractivity contribution in [3.8, 4) is 18.2 Å². The van der Waals surface area contributed by atoms with Crippen LogP contribution in [0.2, 0.25) is 0 Å². The van der Waals surface area contributed by atoms with Gasteiger partial charge in [-0.1, -0.05) is 0 Å². The Kier molecular flexibility index (Phi) is 5.28. The molecule has 6 rings (SSSR count). The number of halogens is 6. The topological polar surface area (TPSA) is 125 Å². The third-order valence-electron chi connectivity index (χ3n) is 6.22. The summed E-state index contributed by atoms with van der Waals surface area (Å²) in [6.45, 7) is 0. The molecule has 1 radical (unpaired) electrons. The van der Waals surface area contributed by atoms with Gasteiger partial charge in [-0.15, -0.1) is 0 Å². The first-order valence-corrected chi connectivity index (χ1v) is 11.0. The molecule has 3 aromatic heterocycles. The van der Waals surface area contributed by atoms with Crippen molar-refractivity contribution in [3.05, 3.63) is 88.4 Å². The van der Waals surface area contributed by atoms with E-state index >= 15 is 0 Å². The van der Waals surface area contributed by atoms with E-state index in [0.717, 1.165) is 13.8 Å². The number of fused-ring (bicyclic) bond motifs is 3. The predicted molar refractivity (Wildman–Crippen MR) is 125 cm³/mol. The zero-order valence-corrected chi connectivity index (χ0v) is 19.3. The minimum atomic E-state index is -1.72. The molecule has 3 aromatic carbocycles. The number of rotatable bonds is 3. The van der Waals surface area contributed by atoms with Gasteiger partial charge in [0.1, 0.15) is 18.2 Å². The number of nitrogens with zero attached hydrogens (tertiary/aromatic N) is 9. The van der Waals surface area contributed by atoms with Gasteiger partial charge in [0.05, 0.1) is 0 Å². The summed E-state index contributed by atoms with van der Waals surface area (Å²) in [4.78, 5) is 0. The largest absolute Gasteiger partial charge is 0.417 e. The molecule has 3 heterocycles. The molecule has 0 aliphatic rings. The number of hydrogen-bond donors (Lipinski definition) is 0. The fraction of sp³-hybridized carbons (Fsp3) is 0. The predicted octanol–water partition coefficient (Wildman–Crippen LogP) is 4.11. The van der Waals surface area contributed by atoms with Crippen LogP contribution in [0.3, 0.4) is 0 Å². The molecule has 0 N–H and O–H groups in total. The van der Waals surface area contributed by atoms with Crippen molar-refractivity contribution in [2.75, 3.05) is 0 Å². The Hall–Kier alpha value is -5.82. The Bertz CT molecular complexity index is 1950. The zero-order valence-electron chi connectivity index (χ0n) is 19.3. The normalized spacial score (nSPS) is 11.4. The molecule has 0 saturated carbocycles. The summed E-state index contributed by atoms with van der Waals surface area (Å²) in [6, 6.07) is 9.39. The van der Waals surface area contributed by atoms with Gasteiger partial charge in [-0.25, -0.2) is 41.6 Å². The second-order valence-corrected chi connectivity index (χ2v) is 8.41. The first-order chi connectivity index (χ1) is 19.2. The van der Waals surface area contributed by atoms with Gasteiger partial charge in [0.15, 0.2) is 52.0 Å². The maximum atomic E-state index is 14.4. The van der Waals surface area contributed by atoms with Gasteiger partial charge in [-0.05, 0) is 36.4 Å². The highest BCUT2D eigenvalue weighted by atomic mass is 19.2. The number of aromatic nitrogens is 6. The fourth-order valence-electron chi connectivity index (χ4n) is 4.48. The lowest BCUT2D eigenvalue weighted by atomic mass is 9.92. The van der Waals surface area contributed by atoms with Crippen LogP contribution < -0.4 is 0 Å². The van der Waals surface area contributed by atoms with Gasteiger partial charge in [-0.2, -0.15) is 15.8 Å². The van der Waals surface area contributed by atoms with Crippen LogP contribution in [0.4, 0.5) is 26.3 Å². The van der Waals surface area contributed by atoms with Gasteiger partial charge in [-0.3, -0.25) is 0 Å². The maximum absolute atomic E-state index is 14.4. The second-order valence-electron chi connectivity index (χ2n) is 8.41. The van der Waals surface area contributed by atoms with Crippen LogP contribution in [-0.2, 0) is 0 Å². The SMILES string of the molecule is N#Cc1nn([B-](n2nc(C#N)c3cc(F)c(F)cc32)n2nc(C#N)c3cc(F)c(F)cc32)c2cc(F)c(F)cc12. The van der Waals surface area contributed by atoms with Crippen molar-refractivity contribution in [2.45, 2.75) is 0 Å². The Morgan fingerprint density at radius 2 is 0.725 bits per heavy atom. The molecule has 16 heteroatoms. The molecule has 0 fully saturated rings. The monoisotopic (exact) mass is 545 g/mol. The van der Waals surface area contributed by atoms with E-state index in [1.54, 1.807) is 18.2 Å². The van der Waals surface area contributed by atoms with Gasteiger partial charge in [0.2, 0.25) is 0 Å². The van der Waals surface area contributed by atoms with Crippen molar-refractivity contribution < 1.29 is 26.3 Å². The second kappa shape index (κ2) is 8.61. The lowest BCUT2D eigenvalue weighted by molar-refractivity contribution is 0.510. The minimum Gasteiger partial charge on any atom is -0.417 e. The Morgan fingerprint density at radius 3 is 0.975 bits per heavy atom. The molecule has 0 aliphatic heterocycles. The summed E-state index contributed by atoms with van der Waals surface area (Å²) in [5, 5.41) is 40.7. The molecule has 0 bridgehead atoms. The van der Waals surface area contributed by atoms with Crippen LogP contribution in [0.15, 0.2) is 36.4 Å². The van der Waals surface area contributed by atoms with Crippen LogP contribution >= 0.6 is 0 Å². The summed E-state index contributed by atoms with van der Waals surface area (Å²) in [6.07, 6.45) is 0. The fourth-order valence-corrected chi connectivity index (χ4v) is 4.48. The van der Waals surface area contributed by atoms with Crippen LogP contribution in [0.5, 0.6) is 0 Å². The maximum Gasteiger partial charge on any atom is 0.263 e. The highest BCUT2D eigenvalue weighted by Crippen LogP contribution is 2.29. The standard InChI is InChI=1S/C24H6BF6N9/c26-13-1-10-19(7-32)35-38(22(10)4-16(13)29)25(39-23-5-17(30)14(27)2-11(23)20(8-33)36-39)40-24-6-18(31)15(28)3-12(24)21(9-34)37-40/h1-6H/q-1. The summed E-state index contributed by atoms with van der Waals surface area (Å²) in [5.74, 6) is -7.94. The lowest BCUT2D eigenvalue weighted by Crippen LogP contribution is -2.44. The van der Waals surface area contributed by atoms with E-state index < -0.39 is 59.1 Å². The summed E-state index contributed by atoms with van der Waals surface area (Å²) < 4.78 is 88.3. The Labute approximate surface area is 218 Å². The zero-order chi connectivity index (χ0) is 28.5. The summed E-state index contributed by atoms with van der Waals surface area (Å²) >= 11 is 0. The molecule has 6 aromatic rings. The molecule has 0 saturated heterocycles. The average molecular weight is 545 g/mol. The molecule has 9 nitrogen and oxygen atoms in total. The quantitative estimate of drug-likeness (QED) is 0.244. The van der Waals surface area contributed by atoms with Crippen LogP contribution in [0, 0.1) is 68.9 Å². The van der Waals surface area contributed by atoms with Gasteiger partial charge >= 0.3 is 0 Å². The molecule has 0 aliphatic carbocycles. The van der Waals surface area contributed by atoms with Gasteiger partial charge < -0.3 is 13.8 Å². The van der Waals surface area contributed by atoms with E-state index in [2.05, 4.69) is 15.3 Å². The molecule has 0 atom stereocenters. The van der Waals surface area contributed by atoms with E-state index in [4.69, 9.17) is 0 Å². The summed E-state index contributed by atoms with van der Waals surface area (Å²) in [7, 11) is -1.72. The number of benzene rings is 3. The van der Waals surface area contributed by atoms with E-state index in [0.29, 0.717) is 36.4 Å². The van der Waals surface area contributed by atoms with Crippen molar-refractivity contribution in [1.29, 1.82) is 15.8 Å². The van der Waals surface area contributed by atoms with E-state index in [9.17, 15) is 42.1 Å². The molecule has 0 unspecified atom stereocenters. The Morgan fingerprint density at radius 1 is 0.475 bits per heavy atom. The molecule has 0 amide bonds. The number of hydrogen-bond acceptors (Lipinski definition) is 6. The summed E-state index contributed by atoms with van der Waals surface area (Å²) in [5.41, 5.74) is -1.88. The minimum absolute atomic E-state index is 0.171. The average Bonchev–Trinajstić information content (AvgIpc) is 3.57. The molecule has 193 valence electrons. The van der Waals surface area contributed by atoms with Gasteiger partial charge in [0, 0.05) is 32.7 Å². The molecular formula is C24H6BF6N9-. The van der Waals surface area contributed by atoms with Crippen LogP contribution in [0.25, 0.3) is 32.7 Å². The van der Waals surface area contributed by atoms with Gasteiger partial charge in [0.25, 0.3) is 7.12 Å². The highest BCUT2D eigenvalue weighted by molar-refractivity contribution is 6.56. The van der Waals surface area contributed by atoms with E-state index in [1.165, 1.54) is 0 Å².